The molecule has 1 unspecified atom stereocenters. The van der Waals surface area contributed by atoms with Crippen molar-refractivity contribution in [3.8, 4) is 5.75 Å². The van der Waals surface area contributed by atoms with Crippen LogP contribution < -0.4 is 10.5 Å². The topological polar surface area (TPSA) is 35.2 Å². The maximum Gasteiger partial charge on any atom is 0.139 e. The first-order chi connectivity index (χ1) is 9.10. The number of aryl methyl sites for hydroxylation is 1. The normalized spacial score (nSPS) is 12.2. The smallest absolute Gasteiger partial charge is 0.139 e. The second-order valence-electron chi connectivity index (χ2n) is 4.33. The predicted octanol–water partition coefficient (Wildman–Crippen LogP) is 3.87. The highest BCUT2D eigenvalue weighted by Crippen LogP contribution is 2.29. The molecule has 1 atom stereocenters. The van der Waals surface area contributed by atoms with Gasteiger partial charge in [0.15, 0.2) is 0 Å². The standard InChI is InChI=1S/C15H15ClFNO/c1-10-2-4-11(5-3-10)15(9-18)19-14-7-6-12(17)8-13(14)16/h2-8,15H,9,18H2,1H3. The summed E-state index contributed by atoms with van der Waals surface area (Å²) in [6.07, 6.45) is -0.302. The van der Waals surface area contributed by atoms with E-state index < -0.39 is 5.82 Å². The molecule has 4 heteroatoms. The van der Waals surface area contributed by atoms with E-state index in [9.17, 15) is 4.39 Å². The van der Waals surface area contributed by atoms with Gasteiger partial charge in [-0.1, -0.05) is 41.4 Å². The summed E-state index contributed by atoms with van der Waals surface area (Å²) in [5.41, 5.74) is 7.86. The summed E-state index contributed by atoms with van der Waals surface area (Å²) in [5.74, 6) is 0.0380. The molecule has 2 aromatic rings. The Morgan fingerprint density at radius 3 is 2.47 bits per heavy atom. The lowest BCUT2D eigenvalue weighted by atomic mass is 10.1. The summed E-state index contributed by atoms with van der Waals surface area (Å²) in [7, 11) is 0. The monoisotopic (exact) mass is 279 g/mol. The average molecular weight is 280 g/mol. The van der Waals surface area contributed by atoms with Crippen LogP contribution >= 0.6 is 11.6 Å². The predicted molar refractivity (Wildman–Crippen MR) is 75.0 cm³/mol. The maximum absolute atomic E-state index is 13.0. The van der Waals surface area contributed by atoms with Crippen LogP contribution in [0, 0.1) is 12.7 Å². The molecule has 0 aliphatic carbocycles. The molecular weight excluding hydrogens is 265 g/mol. The quantitative estimate of drug-likeness (QED) is 0.922. The highest BCUT2D eigenvalue weighted by Gasteiger charge is 2.13. The minimum Gasteiger partial charge on any atom is -0.483 e. The molecule has 100 valence electrons. The van der Waals surface area contributed by atoms with Crippen LogP contribution in [0.5, 0.6) is 5.75 Å². The van der Waals surface area contributed by atoms with Crippen molar-refractivity contribution in [1.82, 2.24) is 0 Å². The van der Waals surface area contributed by atoms with E-state index in [2.05, 4.69) is 0 Å². The van der Waals surface area contributed by atoms with E-state index >= 15 is 0 Å². The molecule has 0 saturated heterocycles. The fraction of sp³-hybridized carbons (Fsp3) is 0.200. The molecule has 0 fully saturated rings. The Bertz CT molecular complexity index is 557. The average Bonchev–Trinajstić information content (AvgIpc) is 2.39. The fourth-order valence-electron chi connectivity index (χ4n) is 1.76. The third kappa shape index (κ3) is 3.46. The van der Waals surface area contributed by atoms with Gasteiger partial charge in [-0.25, -0.2) is 4.39 Å². The van der Waals surface area contributed by atoms with E-state index in [1.54, 1.807) is 0 Å². The Labute approximate surface area is 117 Å². The second kappa shape index (κ2) is 6.04. The lowest BCUT2D eigenvalue weighted by Crippen LogP contribution is -2.18. The first-order valence-corrected chi connectivity index (χ1v) is 6.36. The zero-order valence-corrected chi connectivity index (χ0v) is 11.3. The number of benzene rings is 2. The van der Waals surface area contributed by atoms with E-state index in [1.807, 2.05) is 31.2 Å². The van der Waals surface area contributed by atoms with Crippen molar-refractivity contribution in [3.05, 3.63) is 64.4 Å². The van der Waals surface area contributed by atoms with Crippen molar-refractivity contribution < 1.29 is 9.13 Å². The van der Waals surface area contributed by atoms with Gasteiger partial charge in [-0.2, -0.15) is 0 Å². The molecule has 2 rings (SSSR count). The lowest BCUT2D eigenvalue weighted by Gasteiger charge is -2.18. The summed E-state index contributed by atoms with van der Waals surface area (Å²) in [4.78, 5) is 0. The van der Waals surface area contributed by atoms with Crippen molar-refractivity contribution in [2.24, 2.45) is 5.73 Å². The second-order valence-corrected chi connectivity index (χ2v) is 4.73. The van der Waals surface area contributed by atoms with Crippen LogP contribution in [0.3, 0.4) is 0 Å². The van der Waals surface area contributed by atoms with Crippen molar-refractivity contribution in [2.45, 2.75) is 13.0 Å². The molecule has 2 N–H and O–H groups in total. The molecule has 0 radical (unpaired) electrons. The molecule has 19 heavy (non-hydrogen) atoms. The SMILES string of the molecule is Cc1ccc(C(CN)Oc2ccc(F)cc2Cl)cc1. The summed E-state index contributed by atoms with van der Waals surface area (Å²) < 4.78 is 18.7. The van der Waals surface area contributed by atoms with E-state index in [-0.39, 0.29) is 11.1 Å². The highest BCUT2D eigenvalue weighted by atomic mass is 35.5. The largest absolute Gasteiger partial charge is 0.483 e. The van der Waals surface area contributed by atoms with Crippen LogP contribution in [0.15, 0.2) is 42.5 Å². The third-order valence-electron chi connectivity index (χ3n) is 2.83. The van der Waals surface area contributed by atoms with Gasteiger partial charge < -0.3 is 10.5 Å². The van der Waals surface area contributed by atoms with Gasteiger partial charge in [0.25, 0.3) is 0 Å². The van der Waals surface area contributed by atoms with E-state index in [0.717, 1.165) is 5.56 Å². The van der Waals surface area contributed by atoms with Gasteiger partial charge in [-0.3, -0.25) is 0 Å². The number of hydrogen-bond acceptors (Lipinski definition) is 2. The van der Waals surface area contributed by atoms with Crippen molar-refractivity contribution in [3.63, 3.8) is 0 Å². The molecule has 0 heterocycles. The van der Waals surface area contributed by atoms with E-state index in [0.29, 0.717) is 12.3 Å². The van der Waals surface area contributed by atoms with Crippen LogP contribution in [0.1, 0.15) is 17.2 Å². The summed E-state index contributed by atoms with van der Waals surface area (Å²) in [5, 5.41) is 0.241. The minimum absolute atomic E-state index is 0.241. The van der Waals surface area contributed by atoms with Crippen LogP contribution in [0.2, 0.25) is 5.02 Å². The van der Waals surface area contributed by atoms with Gasteiger partial charge in [0.2, 0.25) is 0 Å². The minimum atomic E-state index is -0.392. The first kappa shape index (κ1) is 13.8. The van der Waals surface area contributed by atoms with Crippen molar-refractivity contribution in [1.29, 1.82) is 0 Å². The van der Waals surface area contributed by atoms with Crippen LogP contribution in [0.4, 0.5) is 4.39 Å². The zero-order valence-electron chi connectivity index (χ0n) is 10.6. The highest BCUT2D eigenvalue weighted by molar-refractivity contribution is 6.32. The molecule has 0 bridgehead atoms. The van der Waals surface area contributed by atoms with Gasteiger partial charge >= 0.3 is 0 Å². The molecule has 0 amide bonds. The molecule has 0 spiro atoms. The first-order valence-electron chi connectivity index (χ1n) is 5.98. The number of hydrogen-bond donors (Lipinski definition) is 1. The Morgan fingerprint density at radius 1 is 1.21 bits per heavy atom. The van der Waals surface area contributed by atoms with Gasteiger partial charge in [-0.05, 0) is 30.7 Å². The molecule has 0 aliphatic rings. The number of rotatable bonds is 4. The summed E-state index contributed by atoms with van der Waals surface area (Å²) in [6.45, 7) is 2.33. The van der Waals surface area contributed by atoms with Crippen molar-refractivity contribution >= 4 is 11.6 Å². The van der Waals surface area contributed by atoms with Crippen LogP contribution in [-0.4, -0.2) is 6.54 Å². The van der Waals surface area contributed by atoms with Gasteiger partial charge in [0.05, 0.1) is 5.02 Å². The lowest BCUT2D eigenvalue weighted by molar-refractivity contribution is 0.214. The summed E-state index contributed by atoms with van der Waals surface area (Å²) in [6, 6.07) is 12.0. The van der Waals surface area contributed by atoms with Gasteiger partial charge in [0, 0.05) is 6.54 Å². The number of ether oxygens (including phenoxy) is 1. The van der Waals surface area contributed by atoms with Crippen molar-refractivity contribution in [2.75, 3.05) is 6.54 Å². The number of nitrogens with two attached hydrogens (primary N) is 1. The van der Waals surface area contributed by atoms with Gasteiger partial charge in [-0.15, -0.1) is 0 Å². The molecule has 2 aromatic carbocycles. The van der Waals surface area contributed by atoms with Gasteiger partial charge in [0.1, 0.15) is 17.7 Å². The Balaban J connectivity index is 2.21. The molecule has 0 aliphatic heterocycles. The summed E-state index contributed by atoms with van der Waals surface area (Å²) >= 11 is 5.94. The fourth-order valence-corrected chi connectivity index (χ4v) is 1.97. The zero-order chi connectivity index (χ0) is 13.8. The Morgan fingerprint density at radius 2 is 1.89 bits per heavy atom. The van der Waals surface area contributed by atoms with Crippen LogP contribution in [-0.2, 0) is 0 Å². The third-order valence-corrected chi connectivity index (χ3v) is 3.12. The van der Waals surface area contributed by atoms with E-state index in [4.69, 9.17) is 22.1 Å². The molecular formula is C15H15ClFNO. The molecule has 0 saturated carbocycles. The number of halogens is 2. The van der Waals surface area contributed by atoms with Crippen LogP contribution in [0.25, 0.3) is 0 Å². The Hall–Kier alpha value is -1.58. The maximum atomic E-state index is 13.0. The molecule has 0 aromatic heterocycles. The van der Waals surface area contributed by atoms with E-state index in [1.165, 1.54) is 23.8 Å². The molecule has 2 nitrogen and oxygen atoms in total. The Kier molecular flexibility index (Phi) is 4.40.